The third-order valence-electron chi connectivity index (χ3n) is 2.98. The molecule has 0 atom stereocenters. The fourth-order valence-corrected chi connectivity index (χ4v) is 1.84. The van der Waals surface area contributed by atoms with Crippen LogP contribution in [0.25, 0.3) is 0 Å². The average Bonchev–Trinajstić information content (AvgIpc) is 2.48. The first kappa shape index (κ1) is 14.8. The van der Waals surface area contributed by atoms with Crippen LogP contribution in [0.1, 0.15) is 11.1 Å². The zero-order valence-electron chi connectivity index (χ0n) is 11.6. The van der Waals surface area contributed by atoms with Crippen molar-refractivity contribution in [3.05, 3.63) is 59.4 Å². The van der Waals surface area contributed by atoms with Crippen molar-refractivity contribution in [2.24, 2.45) is 0 Å². The quantitative estimate of drug-likeness (QED) is 0.679. The van der Waals surface area contributed by atoms with Crippen LogP contribution in [0.2, 0.25) is 0 Å². The van der Waals surface area contributed by atoms with Gasteiger partial charge in [0.25, 0.3) is 0 Å². The molecule has 0 saturated carbocycles. The molecule has 110 valence electrons. The van der Waals surface area contributed by atoms with Gasteiger partial charge in [-0.1, -0.05) is 24.3 Å². The fraction of sp³-hybridized carbons (Fsp3) is 0.188. The zero-order valence-corrected chi connectivity index (χ0v) is 11.6. The third kappa shape index (κ3) is 3.95. The van der Waals surface area contributed by atoms with E-state index in [-0.39, 0.29) is 24.3 Å². The first-order chi connectivity index (χ1) is 10.1. The molecule has 0 aliphatic rings. The highest BCUT2D eigenvalue weighted by Crippen LogP contribution is 2.20. The van der Waals surface area contributed by atoms with E-state index in [0.717, 1.165) is 5.56 Å². The van der Waals surface area contributed by atoms with Gasteiger partial charge in [0.15, 0.2) is 11.6 Å². The molecule has 0 unspecified atom stereocenters. The Labute approximate surface area is 122 Å². The van der Waals surface area contributed by atoms with Gasteiger partial charge in [-0.2, -0.15) is 0 Å². The Hall–Kier alpha value is -2.56. The summed E-state index contributed by atoms with van der Waals surface area (Å²) < 4.78 is 23.8. The summed E-state index contributed by atoms with van der Waals surface area (Å²) >= 11 is 0. The van der Waals surface area contributed by atoms with Crippen molar-refractivity contribution < 1.29 is 18.7 Å². The number of anilines is 1. The molecule has 2 aromatic rings. The molecule has 21 heavy (non-hydrogen) atoms. The molecule has 0 aliphatic heterocycles. The van der Waals surface area contributed by atoms with E-state index in [4.69, 9.17) is 15.2 Å². The Balaban J connectivity index is 1.94. The highest BCUT2D eigenvalue weighted by molar-refractivity contribution is 5.72. The lowest BCUT2D eigenvalue weighted by Crippen LogP contribution is -2.09. The van der Waals surface area contributed by atoms with E-state index in [1.54, 1.807) is 36.4 Å². The number of methoxy groups -OCH3 is 1. The third-order valence-corrected chi connectivity index (χ3v) is 2.98. The van der Waals surface area contributed by atoms with Crippen LogP contribution < -0.4 is 10.5 Å². The van der Waals surface area contributed by atoms with Gasteiger partial charge in [-0.15, -0.1) is 0 Å². The van der Waals surface area contributed by atoms with Gasteiger partial charge in [-0.3, -0.25) is 4.79 Å². The summed E-state index contributed by atoms with van der Waals surface area (Å²) in [4.78, 5) is 11.7. The molecule has 0 heterocycles. The van der Waals surface area contributed by atoms with Crippen molar-refractivity contribution >= 4 is 11.7 Å². The van der Waals surface area contributed by atoms with Crippen LogP contribution in [0.4, 0.5) is 10.1 Å². The second kappa shape index (κ2) is 6.74. The number of halogens is 1. The molecule has 0 saturated heterocycles. The van der Waals surface area contributed by atoms with Crippen LogP contribution in [0.3, 0.4) is 0 Å². The first-order valence-corrected chi connectivity index (χ1v) is 6.41. The predicted molar refractivity (Wildman–Crippen MR) is 77.3 cm³/mol. The molecular weight excluding hydrogens is 273 g/mol. The van der Waals surface area contributed by atoms with Crippen LogP contribution in [0, 0.1) is 5.82 Å². The average molecular weight is 289 g/mol. The number of carbonyl (C=O) groups excluding carboxylic acids is 1. The highest BCUT2D eigenvalue weighted by atomic mass is 19.1. The minimum Gasteiger partial charge on any atom is -0.494 e. The van der Waals surface area contributed by atoms with E-state index in [1.807, 2.05) is 0 Å². The van der Waals surface area contributed by atoms with E-state index in [2.05, 4.69) is 0 Å². The molecule has 0 aromatic heterocycles. The summed E-state index contributed by atoms with van der Waals surface area (Å²) in [5.74, 6) is -0.815. The van der Waals surface area contributed by atoms with E-state index in [9.17, 15) is 9.18 Å². The van der Waals surface area contributed by atoms with Crippen molar-refractivity contribution in [2.75, 3.05) is 12.8 Å². The summed E-state index contributed by atoms with van der Waals surface area (Å²) in [5, 5.41) is 0. The Morgan fingerprint density at radius 3 is 2.57 bits per heavy atom. The molecular formula is C16H16FNO3. The molecule has 4 nitrogen and oxygen atoms in total. The first-order valence-electron chi connectivity index (χ1n) is 6.41. The molecule has 0 bridgehead atoms. The zero-order chi connectivity index (χ0) is 15.2. The number of nitrogen functional groups attached to an aromatic ring is 1. The van der Waals surface area contributed by atoms with Gasteiger partial charge in [0, 0.05) is 11.3 Å². The lowest BCUT2D eigenvalue weighted by atomic mass is 10.1. The lowest BCUT2D eigenvalue weighted by molar-refractivity contribution is -0.144. The van der Waals surface area contributed by atoms with Crippen LogP contribution >= 0.6 is 0 Å². The van der Waals surface area contributed by atoms with Crippen molar-refractivity contribution in [3.8, 4) is 5.75 Å². The topological polar surface area (TPSA) is 61.5 Å². The number of benzene rings is 2. The molecule has 0 amide bonds. The number of rotatable bonds is 5. The van der Waals surface area contributed by atoms with E-state index in [0.29, 0.717) is 5.69 Å². The number of hydrogen-bond donors (Lipinski definition) is 1. The Morgan fingerprint density at radius 2 is 1.90 bits per heavy atom. The van der Waals surface area contributed by atoms with E-state index in [1.165, 1.54) is 13.2 Å². The monoisotopic (exact) mass is 289 g/mol. The van der Waals surface area contributed by atoms with Gasteiger partial charge in [-0.25, -0.2) is 4.39 Å². The van der Waals surface area contributed by atoms with Crippen LogP contribution in [0.5, 0.6) is 5.75 Å². The normalized spacial score (nSPS) is 10.2. The molecule has 0 aliphatic carbocycles. The fourth-order valence-electron chi connectivity index (χ4n) is 1.84. The molecule has 2 aromatic carbocycles. The van der Waals surface area contributed by atoms with Gasteiger partial charge >= 0.3 is 5.97 Å². The molecule has 5 heteroatoms. The second-order valence-electron chi connectivity index (χ2n) is 4.51. The van der Waals surface area contributed by atoms with Crippen molar-refractivity contribution in [3.63, 3.8) is 0 Å². The SMILES string of the molecule is COc1cccc(COC(=O)Cc2ccc(N)cc2)c1F. The van der Waals surface area contributed by atoms with Gasteiger partial charge < -0.3 is 15.2 Å². The standard InChI is InChI=1S/C16H16FNO3/c1-20-14-4-2-3-12(16(14)17)10-21-15(19)9-11-5-7-13(18)8-6-11/h2-8H,9-10,18H2,1H3. The molecule has 0 fully saturated rings. The second-order valence-corrected chi connectivity index (χ2v) is 4.51. The summed E-state index contributed by atoms with van der Waals surface area (Å²) in [6.07, 6.45) is 0.117. The number of hydrogen-bond acceptors (Lipinski definition) is 4. The summed E-state index contributed by atoms with van der Waals surface area (Å²) in [5.41, 5.74) is 7.27. The predicted octanol–water partition coefficient (Wildman–Crippen LogP) is 2.70. The number of esters is 1. The number of carbonyl (C=O) groups is 1. The molecule has 0 radical (unpaired) electrons. The molecule has 2 N–H and O–H groups in total. The van der Waals surface area contributed by atoms with Crippen LogP contribution in [-0.2, 0) is 22.6 Å². The van der Waals surface area contributed by atoms with Crippen LogP contribution in [-0.4, -0.2) is 13.1 Å². The van der Waals surface area contributed by atoms with Crippen molar-refractivity contribution in [2.45, 2.75) is 13.0 Å². The van der Waals surface area contributed by atoms with Gasteiger partial charge in [-0.05, 0) is 23.8 Å². The smallest absolute Gasteiger partial charge is 0.310 e. The summed E-state index contributed by atoms with van der Waals surface area (Å²) in [6.45, 7) is -0.128. The largest absolute Gasteiger partial charge is 0.494 e. The number of ether oxygens (including phenoxy) is 2. The Bertz CT molecular complexity index is 626. The maximum atomic E-state index is 13.9. The lowest BCUT2D eigenvalue weighted by Gasteiger charge is -2.08. The Kier molecular flexibility index (Phi) is 4.77. The van der Waals surface area contributed by atoms with E-state index < -0.39 is 11.8 Å². The highest BCUT2D eigenvalue weighted by Gasteiger charge is 2.11. The van der Waals surface area contributed by atoms with Gasteiger partial charge in [0.1, 0.15) is 6.61 Å². The van der Waals surface area contributed by atoms with Gasteiger partial charge in [0.05, 0.1) is 13.5 Å². The molecule has 0 spiro atoms. The van der Waals surface area contributed by atoms with Crippen molar-refractivity contribution in [1.82, 2.24) is 0 Å². The minimum atomic E-state index is -0.514. The van der Waals surface area contributed by atoms with Crippen molar-refractivity contribution in [1.29, 1.82) is 0 Å². The maximum Gasteiger partial charge on any atom is 0.310 e. The summed E-state index contributed by atoms with van der Waals surface area (Å²) in [6, 6.07) is 11.6. The number of nitrogens with two attached hydrogens (primary N) is 1. The van der Waals surface area contributed by atoms with E-state index >= 15 is 0 Å². The van der Waals surface area contributed by atoms with Gasteiger partial charge in [0.2, 0.25) is 0 Å². The van der Waals surface area contributed by atoms with Crippen LogP contribution in [0.15, 0.2) is 42.5 Å². The summed E-state index contributed by atoms with van der Waals surface area (Å²) in [7, 11) is 1.38. The molecule has 2 rings (SSSR count). The maximum absolute atomic E-state index is 13.9. The minimum absolute atomic E-state index is 0.117. The Morgan fingerprint density at radius 1 is 1.19 bits per heavy atom.